The van der Waals surface area contributed by atoms with Gasteiger partial charge in [0.2, 0.25) is 0 Å². The van der Waals surface area contributed by atoms with Crippen LogP contribution in [0.2, 0.25) is 0 Å². The predicted molar refractivity (Wildman–Crippen MR) is 38.9 cm³/mol. The fourth-order valence-electron chi connectivity index (χ4n) is 0.630. The highest BCUT2D eigenvalue weighted by molar-refractivity contribution is 9.10. The number of benzene rings is 1. The lowest BCUT2D eigenvalue weighted by Gasteiger charge is -1.96. The smallest absolute Gasteiger partial charge is 0.130 e. The molecule has 0 radical (unpaired) electrons. The second kappa shape index (κ2) is 3.10. The predicted octanol–water partition coefficient (Wildman–Crippen LogP) is 3.06. The highest BCUT2D eigenvalue weighted by Gasteiger charge is 1.99. The van der Waals surface area contributed by atoms with E-state index in [1.54, 1.807) is 6.07 Å². The van der Waals surface area contributed by atoms with Gasteiger partial charge in [-0.05, 0) is 12.1 Å². The number of hydrogen-bond acceptors (Lipinski definition) is 0. The van der Waals surface area contributed by atoms with Gasteiger partial charge in [0.25, 0.3) is 0 Å². The number of alkyl halides is 1. The maximum absolute atomic E-state index is 12.6. The van der Waals surface area contributed by atoms with Crippen molar-refractivity contribution in [3.05, 3.63) is 34.1 Å². The molecule has 3 heteroatoms. The molecule has 54 valence electrons. The molecule has 0 heterocycles. The molecule has 0 unspecified atom stereocenters. The van der Waals surface area contributed by atoms with Crippen molar-refractivity contribution in [2.75, 3.05) is 0 Å². The van der Waals surface area contributed by atoms with Crippen LogP contribution in [0.3, 0.4) is 0 Å². The molecule has 0 fully saturated rings. The summed E-state index contributed by atoms with van der Waals surface area (Å²) in [5.74, 6) is -0.503. The number of halogens is 3. The van der Waals surface area contributed by atoms with Crippen LogP contribution in [0.25, 0.3) is 0 Å². The van der Waals surface area contributed by atoms with Crippen LogP contribution in [0.1, 0.15) is 5.56 Å². The van der Waals surface area contributed by atoms with E-state index in [9.17, 15) is 8.78 Å². The van der Waals surface area contributed by atoms with Crippen molar-refractivity contribution in [1.29, 1.82) is 0 Å². The van der Waals surface area contributed by atoms with Gasteiger partial charge in [-0.3, -0.25) is 0 Å². The van der Waals surface area contributed by atoms with Crippen LogP contribution in [-0.4, -0.2) is 0 Å². The Balaban J connectivity index is 3.07. The molecular weight excluding hydrogens is 202 g/mol. The average molecular weight is 207 g/mol. The van der Waals surface area contributed by atoms with Gasteiger partial charge in [0, 0.05) is 10.0 Å². The summed E-state index contributed by atoms with van der Waals surface area (Å²) in [6.07, 6.45) is 0. The zero-order chi connectivity index (χ0) is 7.56. The Hall–Kier alpha value is -0.440. The first-order valence-corrected chi connectivity index (χ1v) is 3.53. The Morgan fingerprint density at radius 1 is 1.40 bits per heavy atom. The van der Waals surface area contributed by atoms with Gasteiger partial charge in [0.05, 0.1) is 0 Å². The molecule has 0 aromatic heterocycles. The van der Waals surface area contributed by atoms with Gasteiger partial charge in [-0.25, -0.2) is 8.78 Å². The molecule has 0 amide bonds. The van der Waals surface area contributed by atoms with Crippen LogP contribution < -0.4 is 0 Å². The van der Waals surface area contributed by atoms with Crippen LogP contribution in [0.15, 0.2) is 22.7 Å². The highest BCUT2D eigenvalue weighted by Crippen LogP contribution is 2.15. The quantitative estimate of drug-likeness (QED) is 0.663. The van der Waals surface area contributed by atoms with E-state index in [1.807, 2.05) is 0 Å². The standard InChI is InChI=1S/C7H5BrF2/c8-6-2-1-5(4-9)7(10)3-6/h1-3H,4H2. The monoisotopic (exact) mass is 206 g/mol. The number of rotatable bonds is 1. The van der Waals surface area contributed by atoms with Gasteiger partial charge in [-0.1, -0.05) is 22.0 Å². The van der Waals surface area contributed by atoms with E-state index in [0.29, 0.717) is 4.47 Å². The summed E-state index contributed by atoms with van der Waals surface area (Å²) in [7, 11) is 0. The molecule has 1 rings (SSSR count). The minimum atomic E-state index is -0.751. The van der Waals surface area contributed by atoms with Crippen molar-refractivity contribution < 1.29 is 8.78 Å². The molecule has 0 saturated heterocycles. The molecular formula is C7H5BrF2. The second-order valence-electron chi connectivity index (χ2n) is 1.87. The van der Waals surface area contributed by atoms with Crippen LogP contribution in [0.4, 0.5) is 8.78 Å². The lowest BCUT2D eigenvalue weighted by atomic mass is 10.2. The van der Waals surface area contributed by atoms with E-state index in [2.05, 4.69) is 15.9 Å². The number of hydrogen-bond donors (Lipinski definition) is 0. The van der Waals surface area contributed by atoms with Crippen molar-refractivity contribution in [1.82, 2.24) is 0 Å². The fourth-order valence-corrected chi connectivity index (χ4v) is 0.963. The summed E-state index contributed by atoms with van der Waals surface area (Å²) >= 11 is 3.06. The van der Waals surface area contributed by atoms with Gasteiger partial charge in [-0.15, -0.1) is 0 Å². The summed E-state index contributed by atoms with van der Waals surface area (Å²) in [5.41, 5.74) is 0.100. The zero-order valence-electron chi connectivity index (χ0n) is 5.07. The van der Waals surface area contributed by atoms with Crippen LogP contribution in [0, 0.1) is 5.82 Å². The van der Waals surface area contributed by atoms with Crippen LogP contribution in [0.5, 0.6) is 0 Å². The maximum atomic E-state index is 12.6. The third-order valence-electron chi connectivity index (χ3n) is 1.16. The molecule has 0 aliphatic carbocycles. The Morgan fingerprint density at radius 3 is 2.60 bits per heavy atom. The molecule has 0 aliphatic rings. The van der Waals surface area contributed by atoms with Crippen molar-refractivity contribution in [3.63, 3.8) is 0 Å². The maximum Gasteiger partial charge on any atom is 0.130 e. The summed E-state index contributed by atoms with van der Waals surface area (Å²) in [6, 6.07) is 4.27. The van der Waals surface area contributed by atoms with Crippen LogP contribution in [-0.2, 0) is 6.67 Å². The van der Waals surface area contributed by atoms with Crippen molar-refractivity contribution in [3.8, 4) is 0 Å². The lowest BCUT2D eigenvalue weighted by molar-refractivity contribution is 0.463. The minimum Gasteiger partial charge on any atom is -0.246 e. The van der Waals surface area contributed by atoms with Crippen molar-refractivity contribution in [2.24, 2.45) is 0 Å². The van der Waals surface area contributed by atoms with Crippen molar-refractivity contribution in [2.45, 2.75) is 6.67 Å². The van der Waals surface area contributed by atoms with Gasteiger partial charge in [0.15, 0.2) is 0 Å². The summed E-state index contributed by atoms with van der Waals surface area (Å²) in [6.45, 7) is -0.751. The summed E-state index contributed by atoms with van der Waals surface area (Å²) < 4.78 is 25.1. The van der Waals surface area contributed by atoms with Gasteiger partial charge >= 0.3 is 0 Å². The topological polar surface area (TPSA) is 0 Å². The van der Waals surface area contributed by atoms with Gasteiger partial charge < -0.3 is 0 Å². The largest absolute Gasteiger partial charge is 0.246 e. The highest BCUT2D eigenvalue weighted by atomic mass is 79.9. The summed E-state index contributed by atoms with van der Waals surface area (Å²) in [4.78, 5) is 0. The van der Waals surface area contributed by atoms with E-state index in [4.69, 9.17) is 0 Å². The molecule has 0 atom stereocenters. The van der Waals surface area contributed by atoms with E-state index in [-0.39, 0.29) is 5.56 Å². The Morgan fingerprint density at radius 2 is 2.10 bits per heavy atom. The molecule has 0 spiro atoms. The lowest BCUT2D eigenvalue weighted by Crippen LogP contribution is -1.84. The molecule has 0 aliphatic heterocycles. The Kier molecular flexibility index (Phi) is 2.38. The molecule has 0 saturated carbocycles. The third kappa shape index (κ3) is 1.53. The second-order valence-corrected chi connectivity index (χ2v) is 2.79. The van der Waals surface area contributed by atoms with E-state index < -0.39 is 12.5 Å². The zero-order valence-corrected chi connectivity index (χ0v) is 6.66. The molecule has 1 aromatic rings. The van der Waals surface area contributed by atoms with Crippen LogP contribution >= 0.6 is 15.9 Å². The normalized spacial score (nSPS) is 9.90. The molecule has 0 nitrogen and oxygen atoms in total. The van der Waals surface area contributed by atoms with E-state index >= 15 is 0 Å². The first kappa shape index (κ1) is 7.66. The molecule has 0 bridgehead atoms. The summed E-state index contributed by atoms with van der Waals surface area (Å²) in [5, 5.41) is 0. The Bertz CT molecular complexity index is 235. The van der Waals surface area contributed by atoms with Gasteiger partial charge in [-0.2, -0.15) is 0 Å². The minimum absolute atomic E-state index is 0.100. The fraction of sp³-hybridized carbons (Fsp3) is 0.143. The van der Waals surface area contributed by atoms with Gasteiger partial charge in [0.1, 0.15) is 12.5 Å². The Labute approximate surface area is 66.0 Å². The molecule has 1 aromatic carbocycles. The SMILES string of the molecule is FCc1ccc(Br)cc1F. The first-order chi connectivity index (χ1) is 4.74. The molecule has 0 N–H and O–H groups in total. The van der Waals surface area contributed by atoms with E-state index in [0.717, 1.165) is 0 Å². The first-order valence-electron chi connectivity index (χ1n) is 2.74. The van der Waals surface area contributed by atoms with Crippen molar-refractivity contribution >= 4 is 15.9 Å². The average Bonchev–Trinajstić information content (AvgIpc) is 1.88. The third-order valence-corrected chi connectivity index (χ3v) is 1.65. The molecule has 10 heavy (non-hydrogen) atoms. The van der Waals surface area contributed by atoms with E-state index in [1.165, 1.54) is 12.1 Å².